The standard InChI is InChI=1S/C23H22ClN3O4S/c1-31-21-7-5-6-19(14-21)15-25-26-23(28)17-27(16-18-10-12-20(24)13-11-18)32(29,30)22-8-3-2-4-9-22/h2-15H,16-17H2,1H3,(H,26,28)/b25-15-. The third-order valence-corrected chi connectivity index (χ3v) is 6.53. The average molecular weight is 472 g/mol. The van der Waals surface area contributed by atoms with Gasteiger partial charge >= 0.3 is 0 Å². The summed E-state index contributed by atoms with van der Waals surface area (Å²) >= 11 is 5.93. The Morgan fingerprint density at radius 1 is 1.06 bits per heavy atom. The number of hydrogen-bond acceptors (Lipinski definition) is 5. The zero-order chi connectivity index (χ0) is 23.0. The van der Waals surface area contributed by atoms with Crippen molar-refractivity contribution in [2.45, 2.75) is 11.4 Å². The smallest absolute Gasteiger partial charge is 0.255 e. The number of rotatable bonds is 9. The van der Waals surface area contributed by atoms with Gasteiger partial charge in [-0.05, 0) is 47.5 Å². The second-order valence-electron chi connectivity index (χ2n) is 6.78. The molecule has 0 aliphatic rings. The summed E-state index contributed by atoms with van der Waals surface area (Å²) in [7, 11) is -2.36. The van der Waals surface area contributed by atoms with Crippen LogP contribution >= 0.6 is 11.6 Å². The van der Waals surface area contributed by atoms with Gasteiger partial charge in [-0.15, -0.1) is 0 Å². The van der Waals surface area contributed by atoms with Crippen LogP contribution in [0, 0.1) is 0 Å². The topological polar surface area (TPSA) is 88.1 Å². The Morgan fingerprint density at radius 2 is 1.78 bits per heavy atom. The lowest BCUT2D eigenvalue weighted by Crippen LogP contribution is -2.39. The Balaban J connectivity index is 1.76. The molecule has 0 bridgehead atoms. The highest BCUT2D eigenvalue weighted by atomic mass is 35.5. The number of methoxy groups -OCH3 is 1. The minimum Gasteiger partial charge on any atom is -0.497 e. The molecule has 3 aromatic rings. The van der Waals surface area contributed by atoms with Crippen molar-refractivity contribution in [3.8, 4) is 5.75 Å². The van der Waals surface area contributed by atoms with E-state index in [1.807, 2.05) is 0 Å². The van der Waals surface area contributed by atoms with Crippen LogP contribution in [0.1, 0.15) is 11.1 Å². The van der Waals surface area contributed by atoms with Gasteiger partial charge in [0.1, 0.15) is 5.75 Å². The molecule has 32 heavy (non-hydrogen) atoms. The molecular weight excluding hydrogens is 450 g/mol. The van der Waals surface area contributed by atoms with Gasteiger partial charge in [-0.2, -0.15) is 9.41 Å². The van der Waals surface area contributed by atoms with Gasteiger partial charge in [-0.25, -0.2) is 13.8 Å². The number of ether oxygens (including phenoxy) is 1. The first-order chi connectivity index (χ1) is 15.4. The minimum absolute atomic E-state index is 0.00140. The summed E-state index contributed by atoms with van der Waals surface area (Å²) in [5.74, 6) is 0.0842. The molecule has 9 heteroatoms. The molecule has 1 amide bonds. The third kappa shape index (κ3) is 6.40. The maximum absolute atomic E-state index is 13.2. The molecule has 0 saturated heterocycles. The number of sulfonamides is 1. The van der Waals surface area contributed by atoms with Crippen LogP contribution in [-0.2, 0) is 21.4 Å². The van der Waals surface area contributed by atoms with Crippen LogP contribution in [0.4, 0.5) is 0 Å². The molecule has 0 saturated carbocycles. The molecule has 166 valence electrons. The highest BCUT2D eigenvalue weighted by Gasteiger charge is 2.26. The zero-order valence-corrected chi connectivity index (χ0v) is 18.9. The highest BCUT2D eigenvalue weighted by Crippen LogP contribution is 2.19. The van der Waals surface area contributed by atoms with E-state index < -0.39 is 22.5 Å². The first-order valence-electron chi connectivity index (χ1n) is 9.64. The number of carbonyl (C=O) groups excluding carboxylic acids is 1. The van der Waals surface area contributed by atoms with Crippen molar-refractivity contribution in [1.29, 1.82) is 0 Å². The average Bonchev–Trinajstić information content (AvgIpc) is 2.80. The van der Waals surface area contributed by atoms with Gasteiger partial charge in [-0.1, -0.05) is 54.1 Å². The molecule has 0 heterocycles. The van der Waals surface area contributed by atoms with Crippen LogP contribution in [0.5, 0.6) is 5.75 Å². The van der Waals surface area contributed by atoms with E-state index in [0.29, 0.717) is 16.3 Å². The quantitative estimate of drug-likeness (QED) is 0.381. The summed E-state index contributed by atoms with van der Waals surface area (Å²) in [6.45, 7) is -0.406. The molecule has 3 aromatic carbocycles. The highest BCUT2D eigenvalue weighted by molar-refractivity contribution is 7.89. The number of nitrogens with zero attached hydrogens (tertiary/aromatic N) is 2. The number of hydrazone groups is 1. The summed E-state index contributed by atoms with van der Waals surface area (Å²) in [4.78, 5) is 12.6. The van der Waals surface area contributed by atoms with Crippen molar-refractivity contribution in [2.75, 3.05) is 13.7 Å². The summed E-state index contributed by atoms with van der Waals surface area (Å²) in [6.07, 6.45) is 1.45. The maximum atomic E-state index is 13.2. The third-order valence-electron chi connectivity index (χ3n) is 4.47. The molecule has 0 aliphatic heterocycles. The zero-order valence-electron chi connectivity index (χ0n) is 17.3. The number of benzene rings is 3. The summed E-state index contributed by atoms with van der Waals surface area (Å²) in [5, 5.41) is 4.46. The fraction of sp³-hybridized carbons (Fsp3) is 0.130. The van der Waals surface area contributed by atoms with Gasteiger partial charge in [-0.3, -0.25) is 4.79 Å². The molecule has 0 fully saturated rings. The van der Waals surface area contributed by atoms with E-state index in [9.17, 15) is 13.2 Å². The van der Waals surface area contributed by atoms with Crippen molar-refractivity contribution in [2.24, 2.45) is 5.10 Å². The molecule has 0 spiro atoms. The lowest BCUT2D eigenvalue weighted by atomic mass is 10.2. The van der Waals surface area contributed by atoms with Gasteiger partial charge < -0.3 is 4.74 Å². The number of hydrogen-bond donors (Lipinski definition) is 1. The Bertz CT molecular complexity index is 1180. The Kier molecular flexibility index (Phi) is 7.99. The fourth-order valence-electron chi connectivity index (χ4n) is 2.86. The van der Waals surface area contributed by atoms with Crippen LogP contribution in [-0.4, -0.2) is 38.5 Å². The minimum atomic E-state index is -3.92. The van der Waals surface area contributed by atoms with Crippen molar-refractivity contribution in [3.05, 3.63) is 95.0 Å². The molecular formula is C23H22ClN3O4S. The predicted molar refractivity (Wildman–Crippen MR) is 124 cm³/mol. The lowest BCUT2D eigenvalue weighted by molar-refractivity contribution is -0.121. The van der Waals surface area contributed by atoms with Gasteiger partial charge in [0.25, 0.3) is 5.91 Å². The van der Waals surface area contributed by atoms with Crippen LogP contribution in [0.2, 0.25) is 5.02 Å². The largest absolute Gasteiger partial charge is 0.497 e. The van der Waals surface area contributed by atoms with E-state index in [4.69, 9.17) is 16.3 Å². The Labute approximate surface area is 192 Å². The van der Waals surface area contributed by atoms with Crippen molar-refractivity contribution < 1.29 is 17.9 Å². The van der Waals surface area contributed by atoms with E-state index >= 15 is 0 Å². The van der Waals surface area contributed by atoms with Gasteiger partial charge in [0.05, 0.1) is 24.8 Å². The number of nitrogens with one attached hydrogen (secondary N) is 1. The molecule has 0 unspecified atom stereocenters. The summed E-state index contributed by atoms with van der Waals surface area (Å²) < 4.78 is 32.6. The van der Waals surface area contributed by atoms with Gasteiger partial charge in [0.2, 0.25) is 10.0 Å². The monoisotopic (exact) mass is 471 g/mol. The van der Waals surface area contributed by atoms with E-state index in [2.05, 4.69) is 10.5 Å². The SMILES string of the molecule is COc1cccc(/C=N\NC(=O)CN(Cc2ccc(Cl)cc2)S(=O)(=O)c2ccccc2)c1. The number of halogens is 1. The van der Waals surface area contributed by atoms with Crippen LogP contribution in [0.25, 0.3) is 0 Å². The molecule has 3 rings (SSSR count). The Morgan fingerprint density at radius 3 is 2.47 bits per heavy atom. The predicted octanol–water partition coefficient (Wildman–Crippen LogP) is 3.69. The van der Waals surface area contributed by atoms with Crippen LogP contribution in [0.15, 0.2) is 88.9 Å². The van der Waals surface area contributed by atoms with Gasteiger partial charge in [0.15, 0.2) is 0 Å². The van der Waals surface area contributed by atoms with E-state index in [1.165, 1.54) is 18.3 Å². The second kappa shape index (κ2) is 10.9. The molecule has 7 nitrogen and oxygen atoms in total. The van der Waals surface area contributed by atoms with Gasteiger partial charge in [0, 0.05) is 11.6 Å². The molecule has 0 aliphatic carbocycles. The molecule has 0 radical (unpaired) electrons. The normalized spacial score (nSPS) is 11.6. The first-order valence-corrected chi connectivity index (χ1v) is 11.5. The lowest BCUT2D eigenvalue weighted by Gasteiger charge is -2.21. The summed E-state index contributed by atoms with van der Waals surface area (Å²) in [5.41, 5.74) is 3.80. The van der Waals surface area contributed by atoms with Crippen LogP contribution in [0.3, 0.4) is 0 Å². The maximum Gasteiger partial charge on any atom is 0.255 e. The number of carbonyl (C=O) groups is 1. The molecule has 1 N–H and O–H groups in total. The Hall–Kier alpha value is -3.20. The summed E-state index contributed by atoms with van der Waals surface area (Å²) in [6, 6.07) is 21.9. The van der Waals surface area contributed by atoms with Crippen molar-refractivity contribution in [3.63, 3.8) is 0 Å². The van der Waals surface area contributed by atoms with E-state index in [-0.39, 0.29) is 11.4 Å². The second-order valence-corrected chi connectivity index (χ2v) is 9.16. The fourth-order valence-corrected chi connectivity index (χ4v) is 4.39. The number of amides is 1. The van der Waals surface area contributed by atoms with E-state index in [1.54, 1.807) is 73.8 Å². The van der Waals surface area contributed by atoms with Crippen LogP contribution < -0.4 is 10.2 Å². The molecule has 0 aromatic heterocycles. The first kappa shape index (κ1) is 23.5. The van der Waals surface area contributed by atoms with Crippen molar-refractivity contribution in [1.82, 2.24) is 9.73 Å². The van der Waals surface area contributed by atoms with Crippen molar-refractivity contribution >= 4 is 33.7 Å². The van der Waals surface area contributed by atoms with E-state index in [0.717, 1.165) is 9.87 Å². The molecule has 0 atom stereocenters.